The van der Waals surface area contributed by atoms with Gasteiger partial charge in [0.05, 0.1) is 52.7 Å². The molecule has 0 saturated heterocycles. The Morgan fingerprint density at radius 2 is 1.44 bits per heavy atom. The molecule has 140 valence electrons. The van der Waals surface area contributed by atoms with Crippen LogP contribution in [0.15, 0.2) is 24.3 Å². The quantitative estimate of drug-likeness (QED) is 0.270. The Morgan fingerprint density at radius 3 is 2.00 bits per heavy atom. The Bertz CT molecular complexity index is 473. The second kappa shape index (κ2) is 14.4. The number of esters is 1. The number of hydrogen-bond acceptors (Lipinski definition) is 7. The van der Waals surface area contributed by atoms with Crippen molar-refractivity contribution in [2.24, 2.45) is 0 Å². The van der Waals surface area contributed by atoms with Gasteiger partial charge in [-0.2, -0.15) is 0 Å². The standard InChI is InChI=1S/C18H26O7/c1-2-24-18(20)7-8-21-9-10-22-11-12-23-13-14-25-17-5-3-16(15-19)4-6-17/h3-6,15H,2,7-14H2,1H3. The molecule has 0 fully saturated rings. The minimum absolute atomic E-state index is 0.251. The van der Waals surface area contributed by atoms with Crippen molar-refractivity contribution in [3.05, 3.63) is 29.8 Å². The first-order chi connectivity index (χ1) is 12.3. The van der Waals surface area contributed by atoms with Crippen LogP contribution < -0.4 is 4.74 Å². The van der Waals surface area contributed by atoms with E-state index in [-0.39, 0.29) is 12.4 Å². The summed E-state index contributed by atoms with van der Waals surface area (Å²) in [6.45, 7) is 5.19. The topological polar surface area (TPSA) is 80.3 Å². The molecule has 0 radical (unpaired) electrons. The van der Waals surface area contributed by atoms with E-state index < -0.39 is 0 Å². The number of hydrogen-bond donors (Lipinski definition) is 0. The van der Waals surface area contributed by atoms with E-state index in [4.69, 9.17) is 23.7 Å². The van der Waals surface area contributed by atoms with Gasteiger partial charge in [0.1, 0.15) is 18.6 Å². The SMILES string of the molecule is CCOC(=O)CCOCCOCCOCCOc1ccc(C=O)cc1. The summed E-state index contributed by atoms with van der Waals surface area (Å²) >= 11 is 0. The van der Waals surface area contributed by atoms with E-state index in [1.165, 1.54) is 0 Å². The first-order valence-electron chi connectivity index (χ1n) is 8.33. The van der Waals surface area contributed by atoms with Gasteiger partial charge < -0.3 is 23.7 Å². The molecule has 0 amide bonds. The van der Waals surface area contributed by atoms with Crippen molar-refractivity contribution in [1.82, 2.24) is 0 Å². The number of carbonyl (C=O) groups excluding carboxylic acids is 2. The first kappa shape index (κ1) is 21.1. The Balaban J connectivity index is 1.84. The molecule has 0 aromatic heterocycles. The van der Waals surface area contributed by atoms with Gasteiger partial charge in [-0.1, -0.05) is 0 Å². The minimum Gasteiger partial charge on any atom is -0.491 e. The van der Waals surface area contributed by atoms with Crippen molar-refractivity contribution >= 4 is 12.3 Å². The van der Waals surface area contributed by atoms with Gasteiger partial charge in [-0.3, -0.25) is 9.59 Å². The molecule has 0 spiro atoms. The van der Waals surface area contributed by atoms with E-state index in [1.54, 1.807) is 31.2 Å². The van der Waals surface area contributed by atoms with Crippen LogP contribution in [0.4, 0.5) is 0 Å². The Morgan fingerprint density at radius 1 is 0.880 bits per heavy atom. The fraction of sp³-hybridized carbons (Fsp3) is 0.556. The molecule has 0 aliphatic rings. The molecule has 7 nitrogen and oxygen atoms in total. The summed E-state index contributed by atoms with van der Waals surface area (Å²) < 4.78 is 26.2. The van der Waals surface area contributed by atoms with Gasteiger partial charge in [-0.25, -0.2) is 0 Å². The predicted octanol–water partition coefficient (Wildman–Crippen LogP) is 1.88. The van der Waals surface area contributed by atoms with Crippen LogP contribution in [0.25, 0.3) is 0 Å². The number of benzene rings is 1. The molecular formula is C18H26O7. The van der Waals surface area contributed by atoms with Crippen LogP contribution in [0, 0.1) is 0 Å². The number of aldehydes is 1. The van der Waals surface area contributed by atoms with Crippen LogP contribution in [-0.2, 0) is 23.7 Å². The third kappa shape index (κ3) is 11.3. The van der Waals surface area contributed by atoms with Gasteiger partial charge in [0.15, 0.2) is 0 Å². The molecule has 1 rings (SSSR count). The molecule has 1 aromatic rings. The third-order valence-electron chi connectivity index (χ3n) is 3.01. The van der Waals surface area contributed by atoms with E-state index >= 15 is 0 Å². The summed E-state index contributed by atoms with van der Waals surface area (Å²) in [5.74, 6) is 0.448. The van der Waals surface area contributed by atoms with Crippen molar-refractivity contribution in [3.63, 3.8) is 0 Å². The van der Waals surface area contributed by atoms with E-state index in [2.05, 4.69) is 0 Å². The molecule has 1 aromatic carbocycles. The molecule has 0 unspecified atom stereocenters. The normalized spacial score (nSPS) is 10.4. The summed E-state index contributed by atoms with van der Waals surface area (Å²) in [7, 11) is 0. The Hall–Kier alpha value is -1.96. The summed E-state index contributed by atoms with van der Waals surface area (Å²) in [5, 5.41) is 0. The molecule has 0 heterocycles. The van der Waals surface area contributed by atoms with E-state index in [1.807, 2.05) is 0 Å². The average Bonchev–Trinajstić information content (AvgIpc) is 2.63. The van der Waals surface area contributed by atoms with Crippen LogP contribution >= 0.6 is 0 Å². The van der Waals surface area contributed by atoms with E-state index in [9.17, 15) is 9.59 Å². The molecule has 0 N–H and O–H groups in total. The second-order valence-corrected chi connectivity index (χ2v) is 4.93. The number of carbonyl (C=O) groups is 2. The van der Waals surface area contributed by atoms with Crippen molar-refractivity contribution in [2.75, 3.05) is 52.9 Å². The number of ether oxygens (including phenoxy) is 5. The highest BCUT2D eigenvalue weighted by Gasteiger charge is 2.00. The number of rotatable bonds is 15. The maximum atomic E-state index is 11.0. The van der Waals surface area contributed by atoms with E-state index in [0.717, 1.165) is 6.29 Å². The van der Waals surface area contributed by atoms with Crippen molar-refractivity contribution in [3.8, 4) is 5.75 Å². The lowest BCUT2D eigenvalue weighted by molar-refractivity contribution is -0.144. The molecular weight excluding hydrogens is 328 g/mol. The van der Waals surface area contributed by atoms with Crippen molar-refractivity contribution in [2.45, 2.75) is 13.3 Å². The van der Waals surface area contributed by atoms with Crippen LogP contribution in [0.3, 0.4) is 0 Å². The summed E-state index contributed by atoms with van der Waals surface area (Å²) in [5.41, 5.74) is 0.616. The van der Waals surface area contributed by atoms with Gasteiger partial charge in [0.25, 0.3) is 0 Å². The third-order valence-corrected chi connectivity index (χ3v) is 3.01. The predicted molar refractivity (Wildman–Crippen MR) is 91.0 cm³/mol. The van der Waals surface area contributed by atoms with E-state index in [0.29, 0.717) is 64.2 Å². The zero-order valence-corrected chi connectivity index (χ0v) is 14.6. The fourth-order valence-electron chi connectivity index (χ4n) is 1.79. The molecule has 25 heavy (non-hydrogen) atoms. The Labute approximate surface area is 148 Å². The first-order valence-corrected chi connectivity index (χ1v) is 8.33. The zero-order valence-electron chi connectivity index (χ0n) is 14.6. The lowest BCUT2D eigenvalue weighted by atomic mass is 10.2. The maximum absolute atomic E-state index is 11.0. The average molecular weight is 354 g/mol. The highest BCUT2D eigenvalue weighted by molar-refractivity contribution is 5.74. The maximum Gasteiger partial charge on any atom is 0.308 e. The van der Waals surface area contributed by atoms with Crippen LogP contribution in [0.2, 0.25) is 0 Å². The molecule has 7 heteroatoms. The minimum atomic E-state index is -0.251. The van der Waals surface area contributed by atoms with Crippen LogP contribution in [0.1, 0.15) is 23.7 Å². The zero-order chi connectivity index (χ0) is 18.2. The molecule has 0 aliphatic heterocycles. The smallest absolute Gasteiger partial charge is 0.308 e. The summed E-state index contributed by atoms with van der Waals surface area (Å²) in [6, 6.07) is 6.89. The van der Waals surface area contributed by atoms with Gasteiger partial charge in [-0.05, 0) is 31.2 Å². The monoisotopic (exact) mass is 354 g/mol. The highest BCUT2D eigenvalue weighted by atomic mass is 16.6. The van der Waals surface area contributed by atoms with Crippen LogP contribution in [0.5, 0.6) is 5.75 Å². The van der Waals surface area contributed by atoms with Crippen molar-refractivity contribution < 1.29 is 33.3 Å². The van der Waals surface area contributed by atoms with Crippen LogP contribution in [-0.4, -0.2) is 65.1 Å². The van der Waals surface area contributed by atoms with Gasteiger partial charge in [0, 0.05) is 5.56 Å². The lowest BCUT2D eigenvalue weighted by Gasteiger charge is -2.08. The summed E-state index contributed by atoms with van der Waals surface area (Å²) in [4.78, 5) is 21.6. The van der Waals surface area contributed by atoms with Gasteiger partial charge >= 0.3 is 5.97 Å². The highest BCUT2D eigenvalue weighted by Crippen LogP contribution is 2.10. The Kier molecular flexibility index (Phi) is 12.1. The lowest BCUT2D eigenvalue weighted by Crippen LogP contribution is -2.14. The largest absolute Gasteiger partial charge is 0.491 e. The van der Waals surface area contributed by atoms with Gasteiger partial charge in [-0.15, -0.1) is 0 Å². The molecule has 0 atom stereocenters. The van der Waals surface area contributed by atoms with Crippen molar-refractivity contribution in [1.29, 1.82) is 0 Å². The second-order valence-electron chi connectivity index (χ2n) is 4.93. The summed E-state index contributed by atoms with van der Waals surface area (Å²) in [6.07, 6.45) is 1.05. The van der Waals surface area contributed by atoms with Gasteiger partial charge in [0.2, 0.25) is 0 Å². The molecule has 0 aliphatic carbocycles. The molecule has 0 saturated carbocycles. The molecule has 0 bridgehead atoms. The fourth-order valence-corrected chi connectivity index (χ4v) is 1.79.